The Labute approximate surface area is 82.0 Å². The van der Waals surface area contributed by atoms with Gasteiger partial charge >= 0.3 is 5.97 Å². The van der Waals surface area contributed by atoms with Gasteiger partial charge in [-0.25, -0.2) is 0 Å². The summed E-state index contributed by atoms with van der Waals surface area (Å²) in [6, 6.07) is 9.00. The molecular weight excluding hydrogens is 184 g/mol. The van der Waals surface area contributed by atoms with Crippen LogP contribution in [-0.4, -0.2) is 18.2 Å². The number of carbonyl (C=O) groups excluding carboxylic acids is 1. The first-order valence-corrected chi connectivity index (χ1v) is 4.20. The summed E-state index contributed by atoms with van der Waals surface area (Å²) >= 11 is 0. The van der Waals surface area contributed by atoms with Crippen LogP contribution in [0.2, 0.25) is 0 Å². The summed E-state index contributed by atoms with van der Waals surface area (Å²) in [5, 5.41) is 19.7. The van der Waals surface area contributed by atoms with Crippen LogP contribution in [0.3, 0.4) is 0 Å². The number of aliphatic hydroxyl groups excluding tert-OH is 1. The second-order valence-corrected chi connectivity index (χ2v) is 2.79. The maximum absolute atomic E-state index is 10.1. The molecule has 4 heteroatoms. The van der Waals surface area contributed by atoms with Gasteiger partial charge in [-0.1, -0.05) is 30.3 Å². The molecule has 1 unspecified atom stereocenters. The van der Waals surface area contributed by atoms with Crippen LogP contribution in [0.15, 0.2) is 30.3 Å². The fourth-order valence-electron chi connectivity index (χ4n) is 1.10. The van der Waals surface area contributed by atoms with Crippen LogP contribution in [0, 0.1) is 0 Å². The van der Waals surface area contributed by atoms with E-state index in [-0.39, 0.29) is 12.4 Å². The van der Waals surface area contributed by atoms with E-state index in [1.807, 2.05) is 18.2 Å². The topological polar surface area (TPSA) is 63.8 Å². The molecular formula is C10H12O4. The minimum atomic E-state index is -0.778. The van der Waals surface area contributed by atoms with Gasteiger partial charge in [-0.3, -0.25) is 4.58 Å². The molecule has 0 aliphatic rings. The van der Waals surface area contributed by atoms with Crippen LogP contribution >= 0.6 is 0 Å². The molecule has 1 rings (SSSR count). The summed E-state index contributed by atoms with van der Waals surface area (Å²) < 4.78 is 8.29. The predicted molar refractivity (Wildman–Crippen MR) is 48.0 cm³/mol. The van der Waals surface area contributed by atoms with Crippen LogP contribution in [0.4, 0.5) is 0 Å². The van der Waals surface area contributed by atoms with Crippen molar-refractivity contribution in [1.82, 2.24) is 0 Å². The fourth-order valence-corrected chi connectivity index (χ4v) is 1.10. The van der Waals surface area contributed by atoms with E-state index in [1.165, 1.54) is 7.11 Å². The Morgan fingerprint density at radius 2 is 2.14 bits per heavy atom. The van der Waals surface area contributed by atoms with Gasteiger partial charge in [0.15, 0.2) is 7.11 Å². The molecule has 0 fully saturated rings. The van der Waals surface area contributed by atoms with Gasteiger partial charge in [-0.05, 0) is 5.56 Å². The number of methoxy groups -OCH3 is 1. The van der Waals surface area contributed by atoms with Crippen molar-refractivity contribution in [3.63, 3.8) is 0 Å². The predicted octanol–water partition coefficient (Wildman–Crippen LogP) is 0.0941. The lowest BCUT2D eigenvalue weighted by atomic mass is 10.1. The van der Waals surface area contributed by atoms with Gasteiger partial charge in [0.25, 0.3) is 0 Å². The first-order chi connectivity index (χ1) is 6.77. The third kappa shape index (κ3) is 2.74. The van der Waals surface area contributed by atoms with Crippen LogP contribution < -0.4 is 5.26 Å². The zero-order valence-corrected chi connectivity index (χ0v) is 7.84. The highest BCUT2D eigenvalue weighted by molar-refractivity contribution is 5.70. The number of hydrogen-bond donors (Lipinski definition) is 1. The number of rotatable bonds is 3. The molecule has 0 amide bonds. The van der Waals surface area contributed by atoms with Gasteiger partial charge in [0.05, 0.1) is 6.10 Å². The zero-order chi connectivity index (χ0) is 10.4. The minimum Gasteiger partial charge on any atom is -0.588 e. The SMILES string of the molecule is COC(CC(O)c1ccccc1)=[O+][O-]. The molecule has 0 saturated heterocycles. The Bertz CT molecular complexity index is 294. The van der Waals surface area contributed by atoms with Crippen molar-refractivity contribution in [2.24, 2.45) is 0 Å². The number of aliphatic hydroxyl groups is 1. The van der Waals surface area contributed by atoms with E-state index in [4.69, 9.17) is 0 Å². The zero-order valence-electron chi connectivity index (χ0n) is 7.84. The van der Waals surface area contributed by atoms with Crippen molar-refractivity contribution < 1.29 is 19.7 Å². The summed E-state index contributed by atoms with van der Waals surface area (Å²) in [7, 11) is 1.32. The molecule has 1 aromatic carbocycles. The highest BCUT2D eigenvalue weighted by Gasteiger charge is 2.19. The monoisotopic (exact) mass is 196 g/mol. The summed E-state index contributed by atoms with van der Waals surface area (Å²) in [5.41, 5.74) is 0.721. The highest BCUT2D eigenvalue weighted by atomic mass is 17.1. The maximum Gasteiger partial charge on any atom is 0.499 e. The van der Waals surface area contributed by atoms with Gasteiger partial charge in [-0.15, -0.1) is 0 Å². The molecule has 0 aliphatic carbocycles. The normalized spacial score (nSPS) is 13.7. The third-order valence-corrected chi connectivity index (χ3v) is 1.86. The standard InChI is InChI=1S/C10H12O4/c1-13-10(14-12)7-9(11)8-5-3-2-4-6-8/h2-6,9,11H,7H2,1H3. The quantitative estimate of drug-likeness (QED) is 0.322. The fraction of sp³-hybridized carbons (Fsp3) is 0.300. The first kappa shape index (κ1) is 10.5. The van der Waals surface area contributed by atoms with Crippen LogP contribution in [-0.2, 0) is 9.31 Å². The van der Waals surface area contributed by atoms with E-state index in [9.17, 15) is 10.4 Å². The molecule has 1 N–H and O–H groups in total. The molecule has 0 aliphatic heterocycles. The molecule has 0 radical (unpaired) electrons. The van der Waals surface area contributed by atoms with E-state index >= 15 is 0 Å². The summed E-state index contributed by atoms with van der Waals surface area (Å²) in [6.07, 6.45) is -0.732. The van der Waals surface area contributed by atoms with E-state index in [0.29, 0.717) is 0 Å². The lowest BCUT2D eigenvalue weighted by Gasteiger charge is -2.06. The average Bonchev–Trinajstić information content (AvgIpc) is 2.26. The highest BCUT2D eigenvalue weighted by Crippen LogP contribution is 2.15. The second kappa shape index (κ2) is 5.24. The van der Waals surface area contributed by atoms with E-state index in [0.717, 1.165) is 5.56 Å². The average molecular weight is 196 g/mol. The lowest BCUT2D eigenvalue weighted by molar-refractivity contribution is -1.05. The van der Waals surface area contributed by atoms with Gasteiger partial charge in [-0.2, -0.15) is 0 Å². The van der Waals surface area contributed by atoms with Crippen molar-refractivity contribution in [2.75, 3.05) is 7.11 Å². The molecule has 0 heterocycles. The number of hydrogen-bond acceptors (Lipinski definition) is 3. The summed E-state index contributed by atoms with van der Waals surface area (Å²) in [5.74, 6) is -0.124. The van der Waals surface area contributed by atoms with Crippen molar-refractivity contribution in [3.8, 4) is 0 Å². The second-order valence-electron chi connectivity index (χ2n) is 2.79. The Morgan fingerprint density at radius 1 is 1.50 bits per heavy atom. The number of esters is 1. The molecule has 4 nitrogen and oxygen atoms in total. The van der Waals surface area contributed by atoms with Gasteiger partial charge in [0, 0.05) is 0 Å². The largest absolute Gasteiger partial charge is 0.588 e. The van der Waals surface area contributed by atoms with Crippen molar-refractivity contribution in [3.05, 3.63) is 35.9 Å². The van der Waals surface area contributed by atoms with Crippen molar-refractivity contribution >= 4 is 5.97 Å². The van der Waals surface area contributed by atoms with E-state index in [1.54, 1.807) is 12.1 Å². The van der Waals surface area contributed by atoms with Gasteiger partial charge < -0.3 is 15.1 Å². The van der Waals surface area contributed by atoms with Gasteiger partial charge in [0.2, 0.25) is 0 Å². The lowest BCUT2D eigenvalue weighted by Crippen LogP contribution is -2.15. The smallest absolute Gasteiger partial charge is 0.499 e. The van der Waals surface area contributed by atoms with E-state index < -0.39 is 6.10 Å². The Kier molecular flexibility index (Phi) is 3.94. The maximum atomic E-state index is 10.1. The Hall–Kier alpha value is -1.55. The molecule has 76 valence electrons. The van der Waals surface area contributed by atoms with Crippen LogP contribution in [0.1, 0.15) is 18.1 Å². The van der Waals surface area contributed by atoms with E-state index in [2.05, 4.69) is 9.31 Å². The summed E-state index contributed by atoms with van der Waals surface area (Å²) in [6.45, 7) is 0. The van der Waals surface area contributed by atoms with Crippen LogP contribution in [0.5, 0.6) is 0 Å². The Morgan fingerprint density at radius 3 is 2.64 bits per heavy atom. The first-order valence-electron chi connectivity index (χ1n) is 4.20. The molecule has 0 aromatic heterocycles. The molecule has 0 spiro atoms. The number of ether oxygens (including phenoxy) is 1. The van der Waals surface area contributed by atoms with Crippen molar-refractivity contribution in [1.29, 1.82) is 0 Å². The summed E-state index contributed by atoms with van der Waals surface area (Å²) in [4.78, 5) is 0. The third-order valence-electron chi connectivity index (χ3n) is 1.86. The molecule has 0 saturated carbocycles. The molecule has 0 bridgehead atoms. The van der Waals surface area contributed by atoms with Gasteiger partial charge in [0.1, 0.15) is 6.42 Å². The molecule has 1 atom stereocenters. The number of benzene rings is 1. The Balaban J connectivity index is 2.63. The molecule has 14 heavy (non-hydrogen) atoms. The van der Waals surface area contributed by atoms with Crippen molar-refractivity contribution in [2.45, 2.75) is 12.5 Å². The van der Waals surface area contributed by atoms with Crippen LogP contribution in [0.25, 0.3) is 0 Å². The molecule has 1 aromatic rings. The minimum absolute atomic E-state index is 0.0456.